The van der Waals surface area contributed by atoms with Crippen molar-refractivity contribution in [2.75, 3.05) is 13.1 Å². The molecule has 1 amide bonds. The number of likely N-dealkylation sites (tertiary alicyclic amines) is 1. The highest BCUT2D eigenvalue weighted by Gasteiger charge is 2.24. The van der Waals surface area contributed by atoms with E-state index >= 15 is 0 Å². The Morgan fingerprint density at radius 2 is 2.29 bits per heavy atom. The maximum Gasteiger partial charge on any atom is 0.303 e. The minimum atomic E-state index is -0.778. The highest BCUT2D eigenvalue weighted by atomic mass is 16.4. The predicted molar refractivity (Wildman–Crippen MR) is 77.6 cm³/mol. The number of nitrogens with zero attached hydrogens (tertiary/aromatic N) is 2. The minimum Gasteiger partial charge on any atom is -0.481 e. The summed E-state index contributed by atoms with van der Waals surface area (Å²) >= 11 is 0. The number of carboxylic acid groups (broad SMARTS) is 1. The number of nitrogens with two attached hydrogens (primary N) is 1. The molecule has 3 N–H and O–H groups in total. The van der Waals surface area contributed by atoms with Gasteiger partial charge in [-0.2, -0.15) is 0 Å². The second kappa shape index (κ2) is 7.17. The maximum atomic E-state index is 12.5. The molecule has 6 heteroatoms. The minimum absolute atomic E-state index is 0.0212. The third-order valence-corrected chi connectivity index (χ3v) is 3.85. The van der Waals surface area contributed by atoms with E-state index in [-0.39, 0.29) is 18.2 Å². The number of hydrogen-bond donors (Lipinski definition) is 2. The molecule has 1 atom stereocenters. The van der Waals surface area contributed by atoms with E-state index in [1.54, 1.807) is 18.3 Å². The van der Waals surface area contributed by atoms with E-state index < -0.39 is 5.97 Å². The zero-order chi connectivity index (χ0) is 15.2. The van der Waals surface area contributed by atoms with Crippen molar-refractivity contribution >= 4 is 11.9 Å². The van der Waals surface area contributed by atoms with E-state index in [1.165, 1.54) is 0 Å². The van der Waals surface area contributed by atoms with Gasteiger partial charge < -0.3 is 15.7 Å². The van der Waals surface area contributed by atoms with Gasteiger partial charge in [-0.1, -0.05) is 0 Å². The molecule has 1 unspecified atom stereocenters. The lowest BCUT2D eigenvalue weighted by molar-refractivity contribution is -0.137. The van der Waals surface area contributed by atoms with Crippen molar-refractivity contribution in [1.82, 2.24) is 9.88 Å². The number of pyridine rings is 1. The largest absolute Gasteiger partial charge is 0.481 e. The first-order valence-corrected chi connectivity index (χ1v) is 7.26. The molecular formula is C15H21N3O3. The molecule has 0 bridgehead atoms. The van der Waals surface area contributed by atoms with Crippen molar-refractivity contribution in [3.8, 4) is 0 Å². The van der Waals surface area contributed by atoms with Crippen molar-refractivity contribution in [3.05, 3.63) is 29.6 Å². The van der Waals surface area contributed by atoms with Crippen LogP contribution in [0.4, 0.5) is 0 Å². The summed E-state index contributed by atoms with van der Waals surface area (Å²) in [6, 6.07) is 3.42. The smallest absolute Gasteiger partial charge is 0.303 e. The summed E-state index contributed by atoms with van der Waals surface area (Å²) in [7, 11) is 0. The SMILES string of the molecule is NCc1cc(C(=O)N2CCCC(CCC(=O)O)C2)ccn1. The van der Waals surface area contributed by atoms with Crippen LogP contribution in [0.5, 0.6) is 0 Å². The monoisotopic (exact) mass is 291 g/mol. The quantitative estimate of drug-likeness (QED) is 0.851. The molecule has 1 aromatic rings. The van der Waals surface area contributed by atoms with Crippen molar-refractivity contribution in [3.63, 3.8) is 0 Å². The number of carbonyl (C=O) groups excluding carboxylic acids is 1. The number of carbonyl (C=O) groups is 2. The van der Waals surface area contributed by atoms with Crippen LogP contribution in [0, 0.1) is 5.92 Å². The molecule has 1 fully saturated rings. The zero-order valence-corrected chi connectivity index (χ0v) is 12.0. The van der Waals surface area contributed by atoms with Crippen LogP contribution in [0.1, 0.15) is 41.7 Å². The highest BCUT2D eigenvalue weighted by Crippen LogP contribution is 2.22. The molecular weight excluding hydrogens is 270 g/mol. The fraction of sp³-hybridized carbons (Fsp3) is 0.533. The van der Waals surface area contributed by atoms with Gasteiger partial charge in [0, 0.05) is 37.8 Å². The Bertz CT molecular complexity index is 519. The van der Waals surface area contributed by atoms with Gasteiger partial charge in [-0.25, -0.2) is 0 Å². The summed E-state index contributed by atoms with van der Waals surface area (Å²) in [5.74, 6) is -0.526. The lowest BCUT2D eigenvalue weighted by Crippen LogP contribution is -2.40. The molecule has 114 valence electrons. The molecule has 0 radical (unpaired) electrons. The second-order valence-electron chi connectivity index (χ2n) is 5.43. The Kier molecular flexibility index (Phi) is 5.27. The lowest BCUT2D eigenvalue weighted by Gasteiger charge is -2.32. The molecule has 6 nitrogen and oxygen atoms in total. The van der Waals surface area contributed by atoms with Gasteiger partial charge in [0.25, 0.3) is 5.91 Å². The second-order valence-corrected chi connectivity index (χ2v) is 5.43. The Morgan fingerprint density at radius 1 is 1.48 bits per heavy atom. The van der Waals surface area contributed by atoms with Gasteiger partial charge in [0.05, 0.1) is 5.69 Å². The first-order valence-electron chi connectivity index (χ1n) is 7.26. The van der Waals surface area contributed by atoms with Crippen LogP contribution in [-0.2, 0) is 11.3 Å². The van der Waals surface area contributed by atoms with Gasteiger partial charge in [0.1, 0.15) is 0 Å². The van der Waals surface area contributed by atoms with Crippen LogP contribution >= 0.6 is 0 Å². The van der Waals surface area contributed by atoms with Gasteiger partial charge in [-0.05, 0) is 37.3 Å². The van der Waals surface area contributed by atoms with E-state index in [0.29, 0.717) is 30.8 Å². The summed E-state index contributed by atoms with van der Waals surface area (Å²) in [5, 5.41) is 8.76. The average molecular weight is 291 g/mol. The summed E-state index contributed by atoms with van der Waals surface area (Å²) in [4.78, 5) is 29.0. The van der Waals surface area contributed by atoms with Crippen LogP contribution in [0.3, 0.4) is 0 Å². The molecule has 1 saturated heterocycles. The number of aromatic nitrogens is 1. The topological polar surface area (TPSA) is 96.5 Å². The standard InChI is InChI=1S/C15H21N3O3/c16-9-13-8-12(5-6-17-13)15(21)18-7-1-2-11(10-18)3-4-14(19)20/h5-6,8,11H,1-4,7,9-10,16H2,(H,19,20). The summed E-state index contributed by atoms with van der Waals surface area (Å²) in [6.45, 7) is 1.66. The number of amides is 1. The first-order chi connectivity index (χ1) is 10.1. The van der Waals surface area contributed by atoms with Gasteiger partial charge in [-0.3, -0.25) is 14.6 Å². The third-order valence-electron chi connectivity index (χ3n) is 3.85. The summed E-state index contributed by atoms with van der Waals surface area (Å²) in [5.41, 5.74) is 6.84. The molecule has 0 spiro atoms. The average Bonchev–Trinajstić information content (AvgIpc) is 2.52. The van der Waals surface area contributed by atoms with Gasteiger partial charge in [-0.15, -0.1) is 0 Å². The molecule has 21 heavy (non-hydrogen) atoms. The molecule has 0 aliphatic carbocycles. The Hall–Kier alpha value is -1.95. The van der Waals surface area contributed by atoms with Gasteiger partial charge in [0.15, 0.2) is 0 Å². The Morgan fingerprint density at radius 3 is 3.00 bits per heavy atom. The molecule has 0 aromatic carbocycles. The molecule has 1 aliphatic heterocycles. The molecule has 2 heterocycles. The number of rotatable bonds is 5. The van der Waals surface area contributed by atoms with E-state index in [9.17, 15) is 9.59 Å². The van der Waals surface area contributed by atoms with Crippen molar-refractivity contribution in [2.45, 2.75) is 32.2 Å². The first kappa shape index (κ1) is 15.4. The number of hydrogen-bond acceptors (Lipinski definition) is 4. The van der Waals surface area contributed by atoms with E-state index in [4.69, 9.17) is 10.8 Å². The highest BCUT2D eigenvalue weighted by molar-refractivity contribution is 5.94. The molecule has 0 saturated carbocycles. The van der Waals surface area contributed by atoms with Crippen LogP contribution < -0.4 is 5.73 Å². The normalized spacial score (nSPS) is 18.5. The third kappa shape index (κ3) is 4.26. The van der Waals surface area contributed by atoms with Crippen molar-refractivity contribution in [2.24, 2.45) is 11.7 Å². The molecule has 1 aromatic heterocycles. The van der Waals surface area contributed by atoms with Crippen LogP contribution in [0.25, 0.3) is 0 Å². The summed E-state index contributed by atoms with van der Waals surface area (Å²) in [6.07, 6.45) is 4.30. The van der Waals surface area contributed by atoms with E-state index in [2.05, 4.69) is 4.98 Å². The number of carboxylic acids is 1. The van der Waals surface area contributed by atoms with Crippen LogP contribution in [0.2, 0.25) is 0 Å². The number of piperidine rings is 1. The van der Waals surface area contributed by atoms with E-state index in [0.717, 1.165) is 19.4 Å². The number of aliphatic carboxylic acids is 1. The van der Waals surface area contributed by atoms with Gasteiger partial charge in [0.2, 0.25) is 0 Å². The van der Waals surface area contributed by atoms with Crippen molar-refractivity contribution < 1.29 is 14.7 Å². The zero-order valence-electron chi connectivity index (χ0n) is 12.0. The lowest BCUT2D eigenvalue weighted by atomic mass is 9.93. The molecule has 2 rings (SSSR count). The fourth-order valence-electron chi connectivity index (χ4n) is 2.72. The Balaban J connectivity index is 1.99. The maximum absolute atomic E-state index is 12.5. The fourth-order valence-corrected chi connectivity index (χ4v) is 2.72. The Labute approximate surface area is 124 Å². The van der Waals surface area contributed by atoms with Gasteiger partial charge >= 0.3 is 5.97 Å². The van der Waals surface area contributed by atoms with Crippen LogP contribution in [-0.4, -0.2) is 40.0 Å². The van der Waals surface area contributed by atoms with Crippen LogP contribution in [0.15, 0.2) is 18.3 Å². The molecule has 1 aliphatic rings. The predicted octanol–water partition coefficient (Wildman–Crippen LogP) is 1.26. The van der Waals surface area contributed by atoms with Crippen molar-refractivity contribution in [1.29, 1.82) is 0 Å². The summed E-state index contributed by atoms with van der Waals surface area (Å²) < 4.78 is 0. The van der Waals surface area contributed by atoms with E-state index in [1.807, 2.05) is 4.90 Å².